The number of aromatic hydroxyl groups is 1. The first-order chi connectivity index (χ1) is 11.3. The van der Waals surface area contributed by atoms with Crippen LogP contribution in [0, 0.1) is 0 Å². The van der Waals surface area contributed by atoms with Crippen LogP contribution in [0.3, 0.4) is 0 Å². The van der Waals surface area contributed by atoms with E-state index in [9.17, 15) is 5.11 Å². The molecule has 0 amide bonds. The van der Waals surface area contributed by atoms with Gasteiger partial charge < -0.3 is 9.67 Å². The summed E-state index contributed by atoms with van der Waals surface area (Å²) in [7, 11) is 0. The van der Waals surface area contributed by atoms with Crippen molar-refractivity contribution in [3.63, 3.8) is 0 Å². The Morgan fingerprint density at radius 1 is 0.913 bits per heavy atom. The predicted octanol–water partition coefficient (Wildman–Crippen LogP) is 5.38. The molecule has 0 aliphatic heterocycles. The number of fused-ring (bicyclic) bond motifs is 1. The van der Waals surface area contributed by atoms with Gasteiger partial charge in [0, 0.05) is 6.54 Å². The van der Waals surface area contributed by atoms with Crippen molar-refractivity contribution in [1.29, 1.82) is 0 Å². The van der Waals surface area contributed by atoms with Crippen LogP contribution >= 0.6 is 0 Å². The van der Waals surface area contributed by atoms with E-state index in [2.05, 4.69) is 17.6 Å². The van der Waals surface area contributed by atoms with Crippen LogP contribution in [0.5, 0.6) is 5.75 Å². The number of unbranched alkanes of at least 4 members (excludes halogenated alkanes) is 4. The SMILES string of the molecule is CCCCCCCn1c(-c2ccccc2O)nc2ccccc21. The lowest BCUT2D eigenvalue weighted by Gasteiger charge is -2.10. The highest BCUT2D eigenvalue weighted by molar-refractivity contribution is 5.81. The Bertz CT molecular complexity index is 776. The number of benzene rings is 2. The fourth-order valence-electron chi connectivity index (χ4n) is 3.04. The van der Waals surface area contributed by atoms with E-state index in [0.29, 0.717) is 0 Å². The number of aromatic nitrogens is 2. The maximum atomic E-state index is 10.2. The van der Waals surface area contributed by atoms with Crippen molar-refractivity contribution < 1.29 is 5.11 Å². The van der Waals surface area contributed by atoms with Gasteiger partial charge in [-0.15, -0.1) is 0 Å². The van der Waals surface area contributed by atoms with Gasteiger partial charge in [0.05, 0.1) is 16.6 Å². The number of hydrogen-bond acceptors (Lipinski definition) is 2. The second-order valence-corrected chi connectivity index (χ2v) is 6.01. The van der Waals surface area contributed by atoms with Crippen molar-refractivity contribution in [3.05, 3.63) is 48.5 Å². The van der Waals surface area contributed by atoms with E-state index in [1.54, 1.807) is 6.07 Å². The van der Waals surface area contributed by atoms with Crippen LogP contribution < -0.4 is 0 Å². The molecule has 120 valence electrons. The number of hydrogen-bond donors (Lipinski definition) is 1. The topological polar surface area (TPSA) is 38.0 Å². The standard InChI is InChI=1S/C20H24N2O/c1-2-3-4-5-10-15-22-18-13-8-7-12-17(18)21-20(22)16-11-6-9-14-19(16)23/h6-9,11-14,23H,2-5,10,15H2,1H3. The van der Waals surface area contributed by atoms with E-state index in [4.69, 9.17) is 4.98 Å². The zero-order valence-corrected chi connectivity index (χ0v) is 13.7. The minimum absolute atomic E-state index is 0.287. The number of aryl methyl sites for hydroxylation is 1. The molecular formula is C20H24N2O. The molecule has 0 fully saturated rings. The highest BCUT2D eigenvalue weighted by Crippen LogP contribution is 2.31. The zero-order valence-electron chi connectivity index (χ0n) is 13.7. The van der Waals surface area contributed by atoms with E-state index < -0.39 is 0 Å². The molecule has 3 nitrogen and oxygen atoms in total. The Morgan fingerprint density at radius 2 is 1.65 bits per heavy atom. The highest BCUT2D eigenvalue weighted by Gasteiger charge is 2.14. The summed E-state index contributed by atoms with van der Waals surface area (Å²) in [4.78, 5) is 4.76. The molecule has 1 aromatic heterocycles. The van der Waals surface area contributed by atoms with Gasteiger partial charge in [0.2, 0.25) is 0 Å². The first-order valence-corrected chi connectivity index (χ1v) is 8.55. The van der Waals surface area contributed by atoms with E-state index in [1.807, 2.05) is 36.4 Å². The summed E-state index contributed by atoms with van der Waals surface area (Å²) in [5, 5.41) is 10.2. The van der Waals surface area contributed by atoms with Crippen LogP contribution in [0.15, 0.2) is 48.5 Å². The van der Waals surface area contributed by atoms with Crippen molar-refractivity contribution >= 4 is 11.0 Å². The van der Waals surface area contributed by atoms with Crippen LogP contribution in [-0.4, -0.2) is 14.7 Å². The molecule has 0 saturated heterocycles. The lowest BCUT2D eigenvalue weighted by atomic mass is 10.1. The maximum Gasteiger partial charge on any atom is 0.144 e. The third-order valence-corrected chi connectivity index (χ3v) is 4.28. The van der Waals surface area contributed by atoms with Crippen molar-refractivity contribution in [2.45, 2.75) is 45.6 Å². The molecule has 3 aromatic rings. The largest absolute Gasteiger partial charge is 0.507 e. The molecule has 0 saturated carbocycles. The van der Waals surface area contributed by atoms with Gasteiger partial charge >= 0.3 is 0 Å². The second kappa shape index (κ2) is 7.32. The van der Waals surface area contributed by atoms with Crippen LogP contribution in [0.2, 0.25) is 0 Å². The molecule has 1 N–H and O–H groups in total. The molecule has 0 bridgehead atoms. The Balaban J connectivity index is 1.94. The molecule has 0 atom stereocenters. The van der Waals surface area contributed by atoms with Gasteiger partial charge in [-0.25, -0.2) is 4.98 Å². The van der Waals surface area contributed by atoms with Gasteiger partial charge in [-0.1, -0.05) is 56.9 Å². The number of nitrogens with zero attached hydrogens (tertiary/aromatic N) is 2. The Hall–Kier alpha value is -2.29. The summed E-state index contributed by atoms with van der Waals surface area (Å²) in [5.41, 5.74) is 2.93. The molecule has 0 radical (unpaired) electrons. The smallest absolute Gasteiger partial charge is 0.144 e. The maximum absolute atomic E-state index is 10.2. The van der Waals surface area contributed by atoms with E-state index in [0.717, 1.165) is 35.4 Å². The second-order valence-electron chi connectivity index (χ2n) is 6.01. The Kier molecular flexibility index (Phi) is 4.96. The van der Waals surface area contributed by atoms with Crippen LogP contribution in [0.25, 0.3) is 22.4 Å². The van der Waals surface area contributed by atoms with E-state index in [-0.39, 0.29) is 5.75 Å². The first-order valence-electron chi connectivity index (χ1n) is 8.55. The third-order valence-electron chi connectivity index (χ3n) is 4.28. The van der Waals surface area contributed by atoms with Gasteiger partial charge in [-0.05, 0) is 30.7 Å². The lowest BCUT2D eigenvalue weighted by Crippen LogP contribution is -2.01. The monoisotopic (exact) mass is 308 g/mol. The predicted molar refractivity (Wildman–Crippen MR) is 95.6 cm³/mol. The minimum atomic E-state index is 0.287. The molecule has 3 rings (SSSR count). The van der Waals surface area contributed by atoms with Crippen molar-refractivity contribution in [2.75, 3.05) is 0 Å². The van der Waals surface area contributed by atoms with Gasteiger partial charge in [-0.3, -0.25) is 0 Å². The van der Waals surface area contributed by atoms with Gasteiger partial charge in [0.1, 0.15) is 11.6 Å². The van der Waals surface area contributed by atoms with Crippen LogP contribution in [0.1, 0.15) is 39.0 Å². The number of rotatable bonds is 7. The van der Waals surface area contributed by atoms with Crippen LogP contribution in [0.4, 0.5) is 0 Å². The van der Waals surface area contributed by atoms with Gasteiger partial charge in [0.25, 0.3) is 0 Å². The lowest BCUT2D eigenvalue weighted by molar-refractivity contribution is 0.476. The fraction of sp³-hybridized carbons (Fsp3) is 0.350. The molecule has 0 aliphatic rings. The molecule has 0 spiro atoms. The molecule has 23 heavy (non-hydrogen) atoms. The van der Waals surface area contributed by atoms with Crippen molar-refractivity contribution in [1.82, 2.24) is 9.55 Å². The normalized spacial score (nSPS) is 11.2. The first kappa shape index (κ1) is 15.6. The van der Waals surface area contributed by atoms with Crippen molar-refractivity contribution in [3.8, 4) is 17.1 Å². The Labute approximate surface area is 137 Å². The summed E-state index contributed by atoms with van der Waals surface area (Å²) in [6, 6.07) is 15.6. The van der Waals surface area contributed by atoms with Crippen LogP contribution in [-0.2, 0) is 6.54 Å². The summed E-state index contributed by atoms with van der Waals surface area (Å²) >= 11 is 0. The number of phenolic OH excluding ortho intramolecular Hbond substituents is 1. The molecule has 1 heterocycles. The molecule has 2 aromatic carbocycles. The fourth-order valence-corrected chi connectivity index (χ4v) is 3.04. The summed E-state index contributed by atoms with van der Waals surface area (Å²) < 4.78 is 2.25. The third kappa shape index (κ3) is 3.39. The quantitative estimate of drug-likeness (QED) is 0.595. The minimum Gasteiger partial charge on any atom is -0.507 e. The molecule has 0 aliphatic carbocycles. The Morgan fingerprint density at radius 3 is 2.48 bits per heavy atom. The summed E-state index contributed by atoms with van der Waals surface area (Å²) in [6.07, 6.45) is 6.23. The number of para-hydroxylation sites is 3. The van der Waals surface area contributed by atoms with Crippen molar-refractivity contribution in [2.24, 2.45) is 0 Å². The molecular weight excluding hydrogens is 284 g/mol. The van der Waals surface area contributed by atoms with Gasteiger partial charge in [-0.2, -0.15) is 0 Å². The van der Waals surface area contributed by atoms with Gasteiger partial charge in [0.15, 0.2) is 0 Å². The number of phenols is 1. The summed E-state index contributed by atoms with van der Waals surface area (Å²) in [5.74, 6) is 1.15. The zero-order chi connectivity index (χ0) is 16.1. The molecule has 0 unspecified atom stereocenters. The summed E-state index contributed by atoms with van der Waals surface area (Å²) in [6.45, 7) is 3.17. The average molecular weight is 308 g/mol. The van der Waals surface area contributed by atoms with E-state index >= 15 is 0 Å². The average Bonchev–Trinajstić information content (AvgIpc) is 2.94. The molecule has 3 heteroatoms. The highest BCUT2D eigenvalue weighted by atomic mass is 16.3. The van der Waals surface area contributed by atoms with E-state index in [1.165, 1.54) is 25.7 Å². The number of imidazole rings is 1.